The molecule has 2 atom stereocenters. The van der Waals surface area contributed by atoms with E-state index in [2.05, 4.69) is 62.5 Å². The molecule has 0 rings (SSSR count). The van der Waals surface area contributed by atoms with Gasteiger partial charge in [-0.2, -0.15) is 0 Å². The maximum Gasteiger partial charge on any atom is 0.472 e. The van der Waals surface area contributed by atoms with Gasteiger partial charge in [0.15, 0.2) is 6.10 Å². The molecule has 0 aromatic carbocycles. The van der Waals surface area contributed by atoms with Crippen LogP contribution < -0.4 is 5.73 Å². The van der Waals surface area contributed by atoms with E-state index >= 15 is 0 Å². The Labute approximate surface area is 319 Å². The van der Waals surface area contributed by atoms with Crippen LogP contribution in [0, 0.1) is 0 Å². The third-order valence-corrected chi connectivity index (χ3v) is 9.50. The second-order valence-electron chi connectivity index (χ2n) is 13.5. The molecule has 0 saturated heterocycles. The van der Waals surface area contributed by atoms with E-state index in [1.807, 2.05) is 6.08 Å². The van der Waals surface area contributed by atoms with E-state index < -0.39 is 13.9 Å². The van der Waals surface area contributed by atoms with Gasteiger partial charge in [0, 0.05) is 13.0 Å². The zero-order valence-corrected chi connectivity index (χ0v) is 34.2. The number of rotatable bonds is 39. The van der Waals surface area contributed by atoms with Crippen molar-refractivity contribution in [2.45, 2.75) is 180 Å². The number of hydrogen-bond acceptors (Lipinski definition) is 7. The van der Waals surface area contributed by atoms with E-state index in [4.69, 9.17) is 24.3 Å². The number of esters is 1. The first-order chi connectivity index (χ1) is 25.4. The van der Waals surface area contributed by atoms with E-state index in [0.717, 1.165) is 70.6 Å². The van der Waals surface area contributed by atoms with Crippen LogP contribution in [0.3, 0.4) is 0 Å². The monoisotopic (exact) mass is 752 g/mol. The Morgan fingerprint density at radius 3 is 1.63 bits per heavy atom. The molecule has 0 amide bonds. The topological polar surface area (TPSA) is 117 Å². The van der Waals surface area contributed by atoms with E-state index in [-0.39, 0.29) is 38.8 Å². The van der Waals surface area contributed by atoms with Gasteiger partial charge in [0.2, 0.25) is 0 Å². The van der Waals surface area contributed by atoms with Gasteiger partial charge >= 0.3 is 13.8 Å². The molecule has 0 bridgehead atoms. The average molecular weight is 752 g/mol. The third-order valence-electron chi connectivity index (χ3n) is 8.51. The lowest BCUT2D eigenvalue weighted by Gasteiger charge is -2.19. The molecule has 0 aliphatic heterocycles. The van der Waals surface area contributed by atoms with Crippen molar-refractivity contribution < 1.29 is 32.8 Å². The number of hydrogen-bond donors (Lipinski definition) is 2. The second kappa shape index (κ2) is 40.2. The number of carbonyl (C=O) groups excluding carboxylic acids is 1. The first kappa shape index (κ1) is 50.0. The number of nitrogens with two attached hydrogens (primary N) is 1. The van der Waals surface area contributed by atoms with Gasteiger partial charge in [-0.05, 0) is 63.9 Å². The highest BCUT2D eigenvalue weighted by molar-refractivity contribution is 7.47. The minimum absolute atomic E-state index is 0.0206. The lowest BCUT2D eigenvalue weighted by Crippen LogP contribution is -2.27. The van der Waals surface area contributed by atoms with E-state index in [0.29, 0.717) is 0 Å². The smallest absolute Gasteiger partial charge is 0.472 e. The summed E-state index contributed by atoms with van der Waals surface area (Å²) in [6.45, 7) is 4.09. The Balaban J connectivity index is 4.16. The van der Waals surface area contributed by atoms with E-state index in [9.17, 15) is 14.3 Å². The third kappa shape index (κ3) is 39.3. The molecule has 0 saturated carbocycles. The average Bonchev–Trinajstić information content (AvgIpc) is 3.13. The number of allylic oxidation sites excluding steroid dienone is 9. The molecular weight excluding hydrogens is 673 g/mol. The highest BCUT2D eigenvalue weighted by atomic mass is 31.2. The van der Waals surface area contributed by atoms with Crippen molar-refractivity contribution in [3.63, 3.8) is 0 Å². The highest BCUT2D eigenvalue weighted by Crippen LogP contribution is 2.43. The highest BCUT2D eigenvalue weighted by Gasteiger charge is 2.25. The lowest BCUT2D eigenvalue weighted by atomic mass is 10.0. The predicted molar refractivity (Wildman–Crippen MR) is 219 cm³/mol. The van der Waals surface area contributed by atoms with Crippen molar-refractivity contribution in [3.05, 3.63) is 60.9 Å². The maximum atomic E-state index is 12.5. The largest absolute Gasteiger partial charge is 0.498 e. The number of unbranched alkanes of at least 4 members (excludes halogenated alkanes) is 18. The van der Waals surface area contributed by atoms with Gasteiger partial charge in [-0.3, -0.25) is 13.8 Å². The maximum absolute atomic E-state index is 12.5. The van der Waals surface area contributed by atoms with Crippen molar-refractivity contribution in [2.75, 3.05) is 26.4 Å². The summed E-state index contributed by atoms with van der Waals surface area (Å²) in [5.41, 5.74) is 5.36. The molecule has 0 aromatic rings. The van der Waals surface area contributed by atoms with Crippen LogP contribution >= 0.6 is 7.82 Å². The quantitative estimate of drug-likeness (QED) is 0.0210. The van der Waals surface area contributed by atoms with Crippen LogP contribution in [0.2, 0.25) is 0 Å². The summed E-state index contributed by atoms with van der Waals surface area (Å²) in [7, 11) is -4.30. The normalized spacial score (nSPS) is 14.1. The molecular formula is C43H78NO7P. The fraction of sp³-hybridized carbons (Fsp3) is 0.744. The van der Waals surface area contributed by atoms with Crippen LogP contribution in [0.4, 0.5) is 0 Å². The zero-order valence-electron chi connectivity index (χ0n) is 33.3. The van der Waals surface area contributed by atoms with Crippen molar-refractivity contribution in [1.82, 2.24) is 0 Å². The van der Waals surface area contributed by atoms with Gasteiger partial charge in [0.25, 0.3) is 0 Å². The summed E-state index contributed by atoms with van der Waals surface area (Å²) in [5.74, 6) is -0.377. The molecule has 9 heteroatoms. The fourth-order valence-corrected chi connectivity index (χ4v) is 6.25. The van der Waals surface area contributed by atoms with Crippen LogP contribution in [-0.4, -0.2) is 43.3 Å². The molecule has 0 aromatic heterocycles. The second-order valence-corrected chi connectivity index (χ2v) is 15.0. The molecule has 302 valence electrons. The van der Waals surface area contributed by atoms with Gasteiger partial charge in [-0.15, -0.1) is 0 Å². The number of phosphoric ester groups is 1. The molecule has 1 unspecified atom stereocenters. The van der Waals surface area contributed by atoms with Gasteiger partial charge in [0.1, 0.15) is 6.61 Å². The minimum Gasteiger partial charge on any atom is -0.498 e. The van der Waals surface area contributed by atoms with Gasteiger partial charge in [-0.1, -0.05) is 159 Å². The molecule has 3 N–H and O–H groups in total. The first-order valence-corrected chi connectivity index (χ1v) is 22.3. The fourth-order valence-electron chi connectivity index (χ4n) is 5.48. The number of ether oxygens (including phenoxy) is 2. The van der Waals surface area contributed by atoms with E-state index in [1.165, 1.54) is 83.5 Å². The first-order valence-electron chi connectivity index (χ1n) is 20.8. The minimum atomic E-state index is -4.30. The SMILES string of the molecule is CCC=CCC=CCC=CCC=CCCCCCCC(=O)O[C@H](COC=CCCCCCCCCCCCCCCCC)COP(=O)(O)OCCN. The van der Waals surface area contributed by atoms with Crippen LogP contribution in [0.25, 0.3) is 0 Å². The standard InChI is InChI=1S/C43H78NO7P/c1-3-5-7-9-11-13-15-17-19-21-22-24-26-28-30-32-34-36-43(45)51-42(41-50-52(46,47)49-39-37-44)40-48-38-35-33-31-29-27-25-23-20-18-16-14-12-10-8-6-4-2/h5,7,11,13,17,19,22,24,35,38,42H,3-4,6,8-10,12,14-16,18,20-21,23,25-34,36-37,39-41,44H2,1-2H3,(H,46,47)/t42-/m1/s1. The molecule has 52 heavy (non-hydrogen) atoms. The van der Waals surface area contributed by atoms with Crippen LogP contribution in [0.5, 0.6) is 0 Å². The number of carbonyl (C=O) groups is 1. The number of phosphoric acid groups is 1. The molecule has 0 heterocycles. The van der Waals surface area contributed by atoms with Crippen molar-refractivity contribution in [3.8, 4) is 0 Å². The van der Waals surface area contributed by atoms with Crippen molar-refractivity contribution in [2.24, 2.45) is 5.73 Å². The molecule has 0 spiro atoms. The molecule has 0 aliphatic rings. The summed E-state index contributed by atoms with van der Waals surface area (Å²) in [4.78, 5) is 22.4. The molecule has 0 aliphatic carbocycles. The zero-order chi connectivity index (χ0) is 38.1. The summed E-state index contributed by atoms with van der Waals surface area (Å²) >= 11 is 0. The Kier molecular flexibility index (Phi) is 38.7. The van der Waals surface area contributed by atoms with Crippen molar-refractivity contribution in [1.29, 1.82) is 0 Å². The summed E-state index contributed by atoms with van der Waals surface area (Å²) in [6.07, 6.45) is 49.0. The van der Waals surface area contributed by atoms with Gasteiger partial charge in [0.05, 0.1) is 19.5 Å². The summed E-state index contributed by atoms with van der Waals surface area (Å²) in [6, 6.07) is 0. The summed E-state index contributed by atoms with van der Waals surface area (Å²) < 4.78 is 33.1. The van der Waals surface area contributed by atoms with E-state index in [1.54, 1.807) is 6.26 Å². The predicted octanol–water partition coefficient (Wildman–Crippen LogP) is 12.5. The Bertz CT molecular complexity index is 979. The van der Waals surface area contributed by atoms with Crippen LogP contribution in [0.1, 0.15) is 174 Å². The molecule has 0 radical (unpaired) electrons. The van der Waals surface area contributed by atoms with Gasteiger partial charge in [-0.25, -0.2) is 4.57 Å². The Morgan fingerprint density at radius 1 is 0.615 bits per heavy atom. The molecule has 8 nitrogen and oxygen atoms in total. The van der Waals surface area contributed by atoms with Gasteiger partial charge < -0.3 is 20.1 Å². The van der Waals surface area contributed by atoms with Crippen molar-refractivity contribution >= 4 is 13.8 Å². The molecule has 0 fully saturated rings. The Morgan fingerprint density at radius 2 is 1.10 bits per heavy atom. The van der Waals surface area contributed by atoms with Crippen LogP contribution in [0.15, 0.2) is 60.9 Å². The summed E-state index contributed by atoms with van der Waals surface area (Å²) in [5, 5.41) is 0. The van der Waals surface area contributed by atoms with Crippen LogP contribution in [-0.2, 0) is 27.9 Å². The Hall–Kier alpha value is -1.96. The lowest BCUT2D eigenvalue weighted by molar-refractivity contribution is -0.153.